The molecule has 2 aromatic heterocycles. The molecule has 1 fully saturated rings. The lowest BCUT2D eigenvalue weighted by Gasteiger charge is -2.38. The van der Waals surface area contributed by atoms with Crippen molar-refractivity contribution in [1.29, 1.82) is 0 Å². The Balaban J connectivity index is 1.74. The highest BCUT2D eigenvalue weighted by Gasteiger charge is 2.49. The van der Waals surface area contributed by atoms with E-state index in [0.29, 0.717) is 25.5 Å². The molecule has 4 heterocycles. The Kier molecular flexibility index (Phi) is 5.77. The van der Waals surface area contributed by atoms with Crippen molar-refractivity contribution < 1.29 is 24.1 Å². The zero-order valence-electron chi connectivity index (χ0n) is 20.3. The Morgan fingerprint density at radius 1 is 1.23 bits per heavy atom. The summed E-state index contributed by atoms with van der Waals surface area (Å²) in [4.78, 5) is 24.5. The maximum atomic E-state index is 12.8. The summed E-state index contributed by atoms with van der Waals surface area (Å²) in [6.45, 7) is 5.56. The van der Waals surface area contributed by atoms with Gasteiger partial charge >= 0.3 is 5.97 Å². The second-order valence-corrected chi connectivity index (χ2v) is 9.59. The van der Waals surface area contributed by atoms with E-state index in [9.17, 15) is 14.7 Å². The van der Waals surface area contributed by atoms with Crippen LogP contribution < -0.4 is 10.2 Å². The zero-order valence-corrected chi connectivity index (χ0v) is 20.3. The van der Waals surface area contributed by atoms with Crippen molar-refractivity contribution in [2.24, 2.45) is 7.05 Å². The van der Waals surface area contributed by atoms with Crippen LogP contribution in [0.4, 0.5) is 0 Å². The van der Waals surface area contributed by atoms with E-state index in [4.69, 9.17) is 14.2 Å². The van der Waals surface area contributed by atoms with Crippen molar-refractivity contribution >= 4 is 5.97 Å². The van der Waals surface area contributed by atoms with Crippen molar-refractivity contribution in [2.75, 3.05) is 26.9 Å². The number of ether oxygens (including phenoxy) is 3. The van der Waals surface area contributed by atoms with Gasteiger partial charge in [0.05, 0.1) is 36.2 Å². The zero-order chi connectivity index (χ0) is 24.9. The summed E-state index contributed by atoms with van der Waals surface area (Å²) < 4.78 is 21.3. The van der Waals surface area contributed by atoms with Gasteiger partial charge in [-0.1, -0.05) is 0 Å². The molecule has 2 atom stereocenters. The second-order valence-electron chi connectivity index (χ2n) is 9.59. The molecule has 0 aliphatic carbocycles. The third kappa shape index (κ3) is 3.84. The van der Waals surface area contributed by atoms with E-state index in [1.54, 1.807) is 18.0 Å². The lowest BCUT2D eigenvalue weighted by atomic mass is 9.78. The number of fused-ring (bicyclic) bond motifs is 6. The number of hydrogen-bond donors (Lipinski definition) is 1. The van der Waals surface area contributed by atoms with E-state index in [0.717, 1.165) is 34.6 Å². The van der Waals surface area contributed by atoms with E-state index in [-0.39, 0.29) is 17.5 Å². The predicted octanol–water partition coefficient (Wildman–Crippen LogP) is 3.48. The van der Waals surface area contributed by atoms with Crippen molar-refractivity contribution in [3.05, 3.63) is 58.0 Å². The van der Waals surface area contributed by atoms with Crippen molar-refractivity contribution in [2.45, 2.75) is 37.8 Å². The fraction of sp³-hybridized carbons (Fsp3) is 0.423. The number of carboxylic acid groups (broad SMARTS) is 1. The van der Waals surface area contributed by atoms with Crippen LogP contribution in [0.1, 0.15) is 48.1 Å². The number of aromatic nitrogens is 3. The summed E-state index contributed by atoms with van der Waals surface area (Å²) in [6, 6.07) is 7.24. The summed E-state index contributed by atoms with van der Waals surface area (Å²) in [5.74, 6) is -0.539. The highest BCUT2D eigenvalue weighted by atomic mass is 16.5. The monoisotopic (exact) mass is 479 g/mol. The summed E-state index contributed by atoms with van der Waals surface area (Å²) in [6.07, 6.45) is 3.94. The SMILES string of the molecule is COCCCOc1cc2c(cc1-c1ccnn1C)-c1cc(=O)c(C(=O)O)cn1[C@H]1[C@@H]2COC1(C)C. The van der Waals surface area contributed by atoms with Gasteiger partial charge in [-0.2, -0.15) is 5.10 Å². The highest BCUT2D eigenvalue weighted by Crippen LogP contribution is 2.54. The van der Waals surface area contributed by atoms with Crippen molar-refractivity contribution in [1.82, 2.24) is 14.3 Å². The number of pyridine rings is 1. The smallest absolute Gasteiger partial charge is 0.341 e. The molecule has 5 rings (SSSR count). The molecule has 9 heteroatoms. The number of carbonyl (C=O) groups is 1. The number of aryl methyl sites for hydroxylation is 1. The summed E-state index contributed by atoms with van der Waals surface area (Å²) >= 11 is 0. The van der Waals surface area contributed by atoms with E-state index < -0.39 is 17.0 Å². The molecule has 2 aliphatic heterocycles. The van der Waals surface area contributed by atoms with Gasteiger partial charge in [0.25, 0.3) is 0 Å². The highest BCUT2D eigenvalue weighted by molar-refractivity contribution is 5.88. The first-order valence-corrected chi connectivity index (χ1v) is 11.6. The average molecular weight is 480 g/mol. The molecule has 3 aromatic rings. The minimum atomic E-state index is -1.24. The standard InChI is InChI=1S/C26H29N3O6/c1-26(2)24-19(14-35-26)15-11-23(34-9-5-8-33-4)17(20-6-7-27-28(20)3)10-16(15)21-12-22(30)18(25(31)32)13-29(21)24/h6-7,10-13,19,24H,5,8-9,14H2,1-4H3,(H,31,32)/t19-,24+/m1/s1. The average Bonchev–Trinajstić information content (AvgIpc) is 3.38. The van der Waals surface area contributed by atoms with Gasteiger partial charge in [-0.05, 0) is 37.6 Å². The molecule has 0 unspecified atom stereocenters. The predicted molar refractivity (Wildman–Crippen MR) is 129 cm³/mol. The van der Waals surface area contributed by atoms with Gasteiger partial charge in [0.1, 0.15) is 11.3 Å². The molecule has 0 bridgehead atoms. The van der Waals surface area contributed by atoms with Gasteiger partial charge in [0.2, 0.25) is 0 Å². The summed E-state index contributed by atoms with van der Waals surface area (Å²) in [7, 11) is 3.53. The fourth-order valence-electron chi connectivity index (χ4n) is 5.38. The molecule has 0 radical (unpaired) electrons. The summed E-state index contributed by atoms with van der Waals surface area (Å²) in [5.41, 5.74) is 2.95. The molecular weight excluding hydrogens is 450 g/mol. The van der Waals surface area contributed by atoms with Crippen LogP contribution >= 0.6 is 0 Å². The van der Waals surface area contributed by atoms with Crippen LogP contribution in [-0.4, -0.2) is 58.0 Å². The Morgan fingerprint density at radius 2 is 2.03 bits per heavy atom. The fourth-order valence-corrected chi connectivity index (χ4v) is 5.38. The third-order valence-corrected chi connectivity index (χ3v) is 7.01. The topological polar surface area (TPSA) is 105 Å². The normalized spacial score (nSPS) is 19.7. The van der Waals surface area contributed by atoms with Crippen molar-refractivity contribution in [3.8, 4) is 28.3 Å². The first-order chi connectivity index (χ1) is 16.7. The third-order valence-electron chi connectivity index (χ3n) is 7.01. The molecule has 2 aliphatic rings. The Hall–Kier alpha value is -3.43. The van der Waals surface area contributed by atoms with Crippen LogP contribution in [0.15, 0.2) is 41.5 Å². The van der Waals surface area contributed by atoms with E-state index >= 15 is 0 Å². The molecule has 0 spiro atoms. The number of aromatic carboxylic acids is 1. The van der Waals surface area contributed by atoms with Crippen LogP contribution in [0.5, 0.6) is 5.75 Å². The maximum Gasteiger partial charge on any atom is 0.341 e. The molecule has 35 heavy (non-hydrogen) atoms. The Bertz CT molecular complexity index is 1360. The first-order valence-electron chi connectivity index (χ1n) is 11.6. The molecule has 184 valence electrons. The number of methoxy groups -OCH3 is 1. The number of hydrogen-bond acceptors (Lipinski definition) is 6. The van der Waals surface area contributed by atoms with E-state index in [1.807, 2.05) is 43.7 Å². The number of nitrogens with zero attached hydrogens (tertiary/aromatic N) is 3. The molecule has 9 nitrogen and oxygen atoms in total. The lowest BCUT2D eigenvalue weighted by molar-refractivity contribution is 0.0145. The number of rotatable bonds is 7. The first kappa shape index (κ1) is 23.3. The number of benzene rings is 1. The molecular formula is C26H29N3O6. The van der Waals surface area contributed by atoms with Crippen molar-refractivity contribution in [3.63, 3.8) is 0 Å². The molecule has 1 aromatic carbocycles. The minimum Gasteiger partial charge on any atom is -0.493 e. The number of carboxylic acids is 1. The van der Waals surface area contributed by atoms with Gasteiger partial charge in [-0.25, -0.2) is 4.79 Å². The van der Waals surface area contributed by atoms with Gasteiger partial charge in [0.15, 0.2) is 5.43 Å². The molecule has 1 N–H and O–H groups in total. The molecule has 1 saturated heterocycles. The van der Waals surface area contributed by atoms with E-state index in [2.05, 4.69) is 5.10 Å². The van der Waals surface area contributed by atoms with Gasteiger partial charge in [-0.3, -0.25) is 9.48 Å². The van der Waals surface area contributed by atoms with Gasteiger partial charge < -0.3 is 23.9 Å². The second kappa shape index (κ2) is 8.66. The van der Waals surface area contributed by atoms with Crippen LogP contribution in [0.25, 0.3) is 22.5 Å². The largest absolute Gasteiger partial charge is 0.493 e. The summed E-state index contributed by atoms with van der Waals surface area (Å²) in [5, 5.41) is 13.9. The van der Waals surface area contributed by atoms with E-state index in [1.165, 1.54) is 12.3 Å². The van der Waals surface area contributed by atoms with Crippen LogP contribution in [0.3, 0.4) is 0 Å². The van der Waals surface area contributed by atoms with Crippen LogP contribution in [-0.2, 0) is 16.5 Å². The molecule has 0 amide bonds. The minimum absolute atomic E-state index is 0.0291. The van der Waals surface area contributed by atoms with Gasteiger partial charge in [-0.15, -0.1) is 0 Å². The maximum absolute atomic E-state index is 12.8. The van der Waals surface area contributed by atoms with Crippen LogP contribution in [0, 0.1) is 0 Å². The Labute approximate surface area is 202 Å². The van der Waals surface area contributed by atoms with Crippen LogP contribution in [0.2, 0.25) is 0 Å². The lowest BCUT2D eigenvalue weighted by Crippen LogP contribution is -2.36. The van der Waals surface area contributed by atoms with Gasteiger partial charge in [0, 0.05) is 62.7 Å². The quantitative estimate of drug-likeness (QED) is 0.517. The Morgan fingerprint density at radius 3 is 2.71 bits per heavy atom. The molecule has 0 saturated carbocycles.